The van der Waals surface area contributed by atoms with E-state index in [1.807, 2.05) is 0 Å². The summed E-state index contributed by atoms with van der Waals surface area (Å²) in [6, 6.07) is 0. The molecule has 128 valence electrons. The predicted octanol–water partition coefficient (Wildman–Crippen LogP) is 1.36. The van der Waals surface area contributed by atoms with Crippen LogP contribution in [-0.2, 0) is 19.2 Å². The number of nitrogens with zero attached hydrogens (tertiary/aromatic N) is 1. The van der Waals surface area contributed by atoms with Gasteiger partial charge in [0, 0.05) is 24.1 Å². The molecule has 1 aliphatic heterocycles. The molecule has 0 atom stereocenters. The minimum Gasteiger partial charge on any atom is -0.481 e. The smallest absolute Gasteiger partial charge is 0.308 e. The first kappa shape index (κ1) is 18.9. The number of amides is 3. The van der Waals surface area contributed by atoms with E-state index in [9.17, 15) is 19.2 Å². The van der Waals surface area contributed by atoms with Gasteiger partial charge < -0.3 is 10.8 Å². The lowest BCUT2D eigenvalue weighted by molar-refractivity contribution is -0.140. The Bertz CT molecular complexity index is 525. The van der Waals surface area contributed by atoms with Gasteiger partial charge in [-0.15, -0.1) is 0 Å². The second-order valence-corrected chi connectivity index (χ2v) is 5.67. The zero-order chi connectivity index (χ0) is 17.4. The maximum Gasteiger partial charge on any atom is 0.308 e. The van der Waals surface area contributed by atoms with E-state index in [-0.39, 0.29) is 25.0 Å². The van der Waals surface area contributed by atoms with Crippen LogP contribution in [-0.4, -0.2) is 40.2 Å². The summed E-state index contributed by atoms with van der Waals surface area (Å²) in [6.45, 7) is 2.15. The van der Waals surface area contributed by atoms with Gasteiger partial charge in [0.2, 0.25) is 5.91 Å². The third-order valence-corrected chi connectivity index (χ3v) is 3.78. The van der Waals surface area contributed by atoms with E-state index in [0.29, 0.717) is 12.0 Å². The molecular weight excluding hydrogens is 300 g/mol. The molecule has 0 unspecified atom stereocenters. The largest absolute Gasteiger partial charge is 0.481 e. The number of hydrogen-bond donors (Lipinski definition) is 2. The van der Waals surface area contributed by atoms with Gasteiger partial charge in [0.15, 0.2) is 0 Å². The quantitative estimate of drug-likeness (QED) is 0.439. The molecule has 3 amide bonds. The van der Waals surface area contributed by atoms with Gasteiger partial charge in [-0.1, -0.05) is 26.2 Å². The van der Waals surface area contributed by atoms with Crippen LogP contribution in [0.5, 0.6) is 0 Å². The second-order valence-electron chi connectivity index (χ2n) is 5.67. The van der Waals surface area contributed by atoms with Gasteiger partial charge in [0.25, 0.3) is 11.8 Å². The molecule has 0 saturated heterocycles. The van der Waals surface area contributed by atoms with Crippen LogP contribution < -0.4 is 5.73 Å². The van der Waals surface area contributed by atoms with E-state index < -0.39 is 30.1 Å². The minimum absolute atomic E-state index is 0.0805. The number of hydrogen-bond acceptors (Lipinski definition) is 4. The average Bonchev–Trinajstić information content (AvgIpc) is 2.68. The summed E-state index contributed by atoms with van der Waals surface area (Å²) in [5.74, 6) is -2.60. The highest BCUT2D eigenvalue weighted by molar-refractivity contribution is 6.20. The zero-order valence-electron chi connectivity index (χ0n) is 13.5. The lowest BCUT2D eigenvalue weighted by atomic mass is 10.0. The molecule has 1 rings (SSSR count). The Hall–Kier alpha value is -2.18. The molecule has 0 aliphatic carbocycles. The molecule has 0 spiro atoms. The number of unbranched alkanes of at least 4 members (excludes halogenated alkanes) is 3. The monoisotopic (exact) mass is 324 g/mol. The molecule has 1 heterocycles. The Morgan fingerprint density at radius 3 is 2.26 bits per heavy atom. The van der Waals surface area contributed by atoms with Crippen molar-refractivity contribution in [2.75, 3.05) is 6.54 Å². The van der Waals surface area contributed by atoms with Crippen LogP contribution in [0.2, 0.25) is 0 Å². The Kier molecular flexibility index (Phi) is 7.44. The molecule has 7 heteroatoms. The third-order valence-electron chi connectivity index (χ3n) is 3.78. The molecule has 0 aromatic heterocycles. The lowest BCUT2D eigenvalue weighted by Crippen LogP contribution is -2.33. The molecule has 0 aromatic carbocycles. The van der Waals surface area contributed by atoms with E-state index in [1.165, 1.54) is 0 Å². The standard InChI is InChI=1S/C16H24N2O5/c1-2-3-4-5-7-11-12(10-14(20)21)16(23)18(15(11)22)9-6-8-13(17)19/h2-10H2,1H3,(H2,17,19)(H,20,21). The predicted molar refractivity (Wildman–Crippen MR) is 83.2 cm³/mol. The molecule has 0 aromatic rings. The van der Waals surface area contributed by atoms with Crippen LogP contribution >= 0.6 is 0 Å². The fraction of sp³-hybridized carbons (Fsp3) is 0.625. The van der Waals surface area contributed by atoms with Crippen molar-refractivity contribution in [2.45, 2.75) is 58.3 Å². The van der Waals surface area contributed by atoms with E-state index in [4.69, 9.17) is 10.8 Å². The Morgan fingerprint density at radius 1 is 1.04 bits per heavy atom. The Morgan fingerprint density at radius 2 is 1.70 bits per heavy atom. The first-order valence-electron chi connectivity index (χ1n) is 7.96. The van der Waals surface area contributed by atoms with Crippen LogP contribution in [0.1, 0.15) is 58.3 Å². The van der Waals surface area contributed by atoms with Gasteiger partial charge >= 0.3 is 5.97 Å². The number of carbonyl (C=O) groups excluding carboxylic acids is 3. The van der Waals surface area contributed by atoms with Crippen molar-refractivity contribution in [3.05, 3.63) is 11.1 Å². The number of nitrogens with two attached hydrogens (primary N) is 1. The second kappa shape index (κ2) is 9.07. The number of carboxylic acid groups (broad SMARTS) is 1. The summed E-state index contributed by atoms with van der Waals surface area (Å²) in [5.41, 5.74) is 5.44. The van der Waals surface area contributed by atoms with E-state index in [2.05, 4.69) is 6.92 Å². The zero-order valence-corrected chi connectivity index (χ0v) is 13.5. The normalized spacial score (nSPS) is 14.7. The highest BCUT2D eigenvalue weighted by atomic mass is 16.4. The Balaban J connectivity index is 2.79. The number of aliphatic carboxylic acids is 1. The highest BCUT2D eigenvalue weighted by Crippen LogP contribution is 2.28. The van der Waals surface area contributed by atoms with Crippen molar-refractivity contribution in [3.8, 4) is 0 Å². The maximum absolute atomic E-state index is 12.4. The molecule has 0 fully saturated rings. The first-order chi connectivity index (χ1) is 10.9. The van der Waals surface area contributed by atoms with Gasteiger partial charge in [-0.2, -0.15) is 0 Å². The van der Waals surface area contributed by atoms with Crippen LogP contribution in [0.4, 0.5) is 0 Å². The van der Waals surface area contributed by atoms with Crippen molar-refractivity contribution in [3.63, 3.8) is 0 Å². The molecule has 0 bridgehead atoms. The van der Waals surface area contributed by atoms with Crippen molar-refractivity contribution >= 4 is 23.7 Å². The van der Waals surface area contributed by atoms with E-state index in [0.717, 1.165) is 30.6 Å². The molecule has 1 aliphatic rings. The summed E-state index contributed by atoms with van der Waals surface area (Å²) in [4.78, 5) is 47.4. The topological polar surface area (TPSA) is 118 Å². The minimum atomic E-state index is -1.13. The van der Waals surface area contributed by atoms with Gasteiger partial charge in [-0.25, -0.2) is 0 Å². The van der Waals surface area contributed by atoms with Crippen LogP contribution in [0.25, 0.3) is 0 Å². The lowest BCUT2D eigenvalue weighted by Gasteiger charge is -2.14. The van der Waals surface area contributed by atoms with Gasteiger partial charge in [-0.05, 0) is 19.3 Å². The Labute approximate surface area is 135 Å². The molecule has 3 N–H and O–H groups in total. The number of carbonyl (C=O) groups is 4. The van der Waals surface area contributed by atoms with Gasteiger partial charge in [-0.3, -0.25) is 24.1 Å². The molecule has 0 radical (unpaired) electrons. The first-order valence-corrected chi connectivity index (χ1v) is 7.96. The van der Waals surface area contributed by atoms with E-state index in [1.54, 1.807) is 0 Å². The molecule has 0 saturated carbocycles. The van der Waals surface area contributed by atoms with Crippen molar-refractivity contribution in [1.29, 1.82) is 0 Å². The van der Waals surface area contributed by atoms with E-state index >= 15 is 0 Å². The summed E-state index contributed by atoms with van der Waals surface area (Å²) in [7, 11) is 0. The van der Waals surface area contributed by atoms with Gasteiger partial charge in [0.05, 0.1) is 6.42 Å². The summed E-state index contributed by atoms with van der Waals surface area (Å²) in [6.07, 6.45) is 4.11. The molecule has 23 heavy (non-hydrogen) atoms. The summed E-state index contributed by atoms with van der Waals surface area (Å²) in [5, 5.41) is 8.96. The highest BCUT2D eigenvalue weighted by Gasteiger charge is 2.37. The fourth-order valence-electron chi connectivity index (χ4n) is 2.61. The van der Waals surface area contributed by atoms with Crippen molar-refractivity contribution < 1.29 is 24.3 Å². The number of imide groups is 1. The summed E-state index contributed by atoms with van der Waals surface area (Å²) < 4.78 is 0. The average molecular weight is 324 g/mol. The van der Waals surface area contributed by atoms with Crippen molar-refractivity contribution in [2.24, 2.45) is 5.73 Å². The number of carboxylic acids is 1. The van der Waals surface area contributed by atoms with Crippen LogP contribution in [0.3, 0.4) is 0 Å². The SMILES string of the molecule is CCCCCCC1=C(CC(=O)O)C(=O)N(CCCC(N)=O)C1=O. The van der Waals surface area contributed by atoms with Crippen LogP contribution in [0, 0.1) is 0 Å². The number of rotatable bonds is 11. The number of primary amides is 1. The van der Waals surface area contributed by atoms with Crippen LogP contribution in [0.15, 0.2) is 11.1 Å². The van der Waals surface area contributed by atoms with Crippen molar-refractivity contribution in [1.82, 2.24) is 4.90 Å². The third kappa shape index (κ3) is 5.50. The van der Waals surface area contributed by atoms with Gasteiger partial charge in [0.1, 0.15) is 0 Å². The summed E-state index contributed by atoms with van der Waals surface area (Å²) >= 11 is 0. The molecular formula is C16H24N2O5. The fourth-order valence-corrected chi connectivity index (χ4v) is 2.61. The maximum atomic E-state index is 12.4. The molecule has 7 nitrogen and oxygen atoms in total.